The minimum absolute atomic E-state index is 0.178. The highest BCUT2D eigenvalue weighted by atomic mass is 32.1. The molecule has 3 N–H and O–H groups in total. The van der Waals surface area contributed by atoms with Crippen LogP contribution in [0.15, 0.2) is 11.4 Å². The Balaban J connectivity index is 2.16. The Morgan fingerprint density at radius 2 is 2.44 bits per heavy atom. The number of ether oxygens (including phenoxy) is 1. The van der Waals surface area contributed by atoms with E-state index >= 15 is 0 Å². The van der Waals surface area contributed by atoms with Crippen LogP contribution in [0.1, 0.15) is 29.7 Å². The van der Waals surface area contributed by atoms with E-state index in [0.29, 0.717) is 19.6 Å². The first-order chi connectivity index (χ1) is 7.82. The van der Waals surface area contributed by atoms with E-state index in [1.165, 1.54) is 10.4 Å². The monoisotopic (exact) mass is 241 g/mol. The lowest BCUT2D eigenvalue weighted by atomic mass is 9.83. The summed E-state index contributed by atoms with van der Waals surface area (Å²) in [5.74, 6) is 0. The third-order valence-electron chi connectivity index (χ3n) is 3.23. The van der Waals surface area contributed by atoms with Gasteiger partial charge in [-0.2, -0.15) is 0 Å². The molecule has 1 aliphatic carbocycles. The van der Waals surface area contributed by atoms with Gasteiger partial charge in [-0.25, -0.2) is 0 Å². The number of aliphatic hydroxyl groups excluding tert-OH is 1. The van der Waals surface area contributed by atoms with Crippen LogP contribution in [-0.4, -0.2) is 24.9 Å². The van der Waals surface area contributed by atoms with E-state index in [1.54, 1.807) is 11.3 Å². The highest BCUT2D eigenvalue weighted by Crippen LogP contribution is 2.40. The maximum Gasteiger partial charge on any atom is 0.106 e. The number of aryl methyl sites for hydroxylation is 1. The lowest BCUT2D eigenvalue weighted by Gasteiger charge is -2.36. The van der Waals surface area contributed by atoms with E-state index in [0.717, 1.165) is 19.3 Å². The molecule has 0 saturated carbocycles. The van der Waals surface area contributed by atoms with Crippen LogP contribution in [0.5, 0.6) is 0 Å². The molecule has 16 heavy (non-hydrogen) atoms. The van der Waals surface area contributed by atoms with Crippen molar-refractivity contribution in [3.63, 3.8) is 0 Å². The minimum Gasteiger partial charge on any atom is -0.396 e. The number of fused-ring (bicyclic) bond motifs is 1. The van der Waals surface area contributed by atoms with E-state index in [9.17, 15) is 0 Å². The van der Waals surface area contributed by atoms with E-state index in [-0.39, 0.29) is 12.2 Å². The first-order valence-corrected chi connectivity index (χ1v) is 6.72. The Kier molecular flexibility index (Phi) is 3.97. The molecular weight excluding hydrogens is 222 g/mol. The fourth-order valence-electron chi connectivity index (χ4n) is 2.36. The molecule has 90 valence electrons. The molecule has 1 aromatic heterocycles. The first-order valence-electron chi connectivity index (χ1n) is 5.84. The van der Waals surface area contributed by atoms with Crippen LogP contribution in [-0.2, 0) is 16.8 Å². The standard InChI is InChI=1S/C12H19NO2S/c13-9-12(15-7-2-6-14)5-1-3-11-10(12)4-8-16-11/h4,8,14H,1-3,5-7,9,13H2. The molecule has 1 aliphatic rings. The number of hydrogen-bond donors (Lipinski definition) is 2. The Labute approximate surface area is 100 Å². The predicted molar refractivity (Wildman–Crippen MR) is 65.6 cm³/mol. The zero-order chi connectivity index (χ0) is 11.4. The summed E-state index contributed by atoms with van der Waals surface area (Å²) in [6.07, 6.45) is 3.97. The summed E-state index contributed by atoms with van der Waals surface area (Å²) in [4.78, 5) is 1.42. The zero-order valence-corrected chi connectivity index (χ0v) is 10.3. The van der Waals surface area contributed by atoms with Gasteiger partial charge in [0.05, 0.1) is 6.61 Å². The third kappa shape index (κ3) is 2.15. The van der Waals surface area contributed by atoms with Crippen LogP contribution < -0.4 is 5.73 Å². The molecule has 1 heterocycles. The summed E-state index contributed by atoms with van der Waals surface area (Å²) in [5.41, 5.74) is 6.90. The van der Waals surface area contributed by atoms with Gasteiger partial charge in [0.25, 0.3) is 0 Å². The molecule has 0 spiro atoms. The smallest absolute Gasteiger partial charge is 0.106 e. The van der Waals surface area contributed by atoms with Crippen molar-refractivity contribution in [2.75, 3.05) is 19.8 Å². The second kappa shape index (κ2) is 5.27. The molecular formula is C12H19NO2S. The molecule has 0 amide bonds. The van der Waals surface area contributed by atoms with Crippen molar-refractivity contribution in [3.8, 4) is 0 Å². The Hall–Kier alpha value is -0.420. The second-order valence-corrected chi connectivity index (χ2v) is 5.24. The molecule has 3 nitrogen and oxygen atoms in total. The normalized spacial score (nSPS) is 24.4. The van der Waals surface area contributed by atoms with Gasteiger partial charge in [0.1, 0.15) is 5.60 Å². The quantitative estimate of drug-likeness (QED) is 0.771. The maximum atomic E-state index is 8.80. The molecule has 0 saturated heterocycles. The van der Waals surface area contributed by atoms with Crippen molar-refractivity contribution in [2.45, 2.75) is 31.3 Å². The van der Waals surface area contributed by atoms with Crippen molar-refractivity contribution in [1.82, 2.24) is 0 Å². The summed E-state index contributed by atoms with van der Waals surface area (Å²) in [6.45, 7) is 1.29. The lowest BCUT2D eigenvalue weighted by molar-refractivity contribution is -0.0592. The zero-order valence-electron chi connectivity index (χ0n) is 9.45. The van der Waals surface area contributed by atoms with E-state index in [4.69, 9.17) is 15.6 Å². The van der Waals surface area contributed by atoms with Crippen molar-refractivity contribution in [2.24, 2.45) is 5.73 Å². The van der Waals surface area contributed by atoms with Crippen LogP contribution in [0.3, 0.4) is 0 Å². The first kappa shape index (κ1) is 12.0. The van der Waals surface area contributed by atoms with Crippen LogP contribution in [0.25, 0.3) is 0 Å². The average Bonchev–Trinajstić information content (AvgIpc) is 2.78. The van der Waals surface area contributed by atoms with E-state index in [1.807, 2.05) is 0 Å². The van der Waals surface area contributed by atoms with Crippen LogP contribution >= 0.6 is 11.3 Å². The van der Waals surface area contributed by atoms with Crippen molar-refractivity contribution < 1.29 is 9.84 Å². The number of hydrogen-bond acceptors (Lipinski definition) is 4. The van der Waals surface area contributed by atoms with Gasteiger partial charge < -0.3 is 15.6 Å². The fourth-order valence-corrected chi connectivity index (χ4v) is 3.37. The van der Waals surface area contributed by atoms with Gasteiger partial charge in [-0.3, -0.25) is 0 Å². The van der Waals surface area contributed by atoms with Gasteiger partial charge in [0.15, 0.2) is 0 Å². The molecule has 0 bridgehead atoms. The molecule has 0 radical (unpaired) electrons. The summed E-state index contributed by atoms with van der Waals surface area (Å²) < 4.78 is 5.97. The van der Waals surface area contributed by atoms with Gasteiger partial charge in [-0.15, -0.1) is 11.3 Å². The Morgan fingerprint density at radius 3 is 3.19 bits per heavy atom. The third-order valence-corrected chi connectivity index (χ3v) is 4.21. The van der Waals surface area contributed by atoms with Gasteiger partial charge >= 0.3 is 0 Å². The summed E-state index contributed by atoms with van der Waals surface area (Å²) in [5, 5.41) is 10.9. The molecule has 4 heteroatoms. The summed E-state index contributed by atoms with van der Waals surface area (Å²) in [6, 6.07) is 2.14. The summed E-state index contributed by atoms with van der Waals surface area (Å²) >= 11 is 1.80. The van der Waals surface area contributed by atoms with Gasteiger partial charge in [0.2, 0.25) is 0 Å². The predicted octanol–water partition coefficient (Wildman–Crippen LogP) is 1.64. The van der Waals surface area contributed by atoms with Gasteiger partial charge in [0, 0.05) is 18.0 Å². The number of aliphatic hydroxyl groups is 1. The van der Waals surface area contributed by atoms with Crippen LogP contribution in [0.2, 0.25) is 0 Å². The van der Waals surface area contributed by atoms with Crippen LogP contribution in [0.4, 0.5) is 0 Å². The molecule has 0 aliphatic heterocycles. The van der Waals surface area contributed by atoms with Crippen molar-refractivity contribution in [1.29, 1.82) is 0 Å². The molecule has 0 fully saturated rings. The number of nitrogens with two attached hydrogens (primary N) is 1. The largest absolute Gasteiger partial charge is 0.396 e. The highest BCUT2D eigenvalue weighted by Gasteiger charge is 2.36. The van der Waals surface area contributed by atoms with Gasteiger partial charge in [-0.1, -0.05) is 0 Å². The van der Waals surface area contributed by atoms with E-state index < -0.39 is 0 Å². The average molecular weight is 241 g/mol. The molecule has 0 aromatic carbocycles. The number of thiophene rings is 1. The molecule has 2 rings (SSSR count). The SMILES string of the molecule is NCC1(OCCCO)CCCc2sccc21. The molecule has 1 unspecified atom stereocenters. The number of rotatable bonds is 5. The minimum atomic E-state index is -0.289. The Bertz CT molecular complexity index is 340. The van der Waals surface area contributed by atoms with Crippen molar-refractivity contribution in [3.05, 3.63) is 21.9 Å². The van der Waals surface area contributed by atoms with Gasteiger partial charge in [-0.05, 0) is 42.7 Å². The summed E-state index contributed by atoms with van der Waals surface area (Å²) in [7, 11) is 0. The van der Waals surface area contributed by atoms with E-state index in [2.05, 4.69) is 11.4 Å². The topological polar surface area (TPSA) is 55.5 Å². The maximum absolute atomic E-state index is 8.80. The molecule has 1 atom stereocenters. The molecule has 1 aromatic rings. The highest BCUT2D eigenvalue weighted by molar-refractivity contribution is 7.10. The lowest BCUT2D eigenvalue weighted by Crippen LogP contribution is -2.40. The van der Waals surface area contributed by atoms with Crippen molar-refractivity contribution >= 4 is 11.3 Å². The Morgan fingerprint density at radius 1 is 1.56 bits per heavy atom. The fraction of sp³-hybridized carbons (Fsp3) is 0.667. The second-order valence-electron chi connectivity index (χ2n) is 4.24. The van der Waals surface area contributed by atoms with Crippen LogP contribution in [0, 0.1) is 0 Å².